The predicted octanol–water partition coefficient (Wildman–Crippen LogP) is 2.17. The molecule has 0 spiro atoms. The fourth-order valence-electron chi connectivity index (χ4n) is 2.79. The molecule has 0 saturated carbocycles. The first-order valence-electron chi connectivity index (χ1n) is 8.14. The van der Waals surface area contributed by atoms with E-state index in [0.29, 0.717) is 5.56 Å². The maximum Gasteiger partial charge on any atom is 0.337 e. The van der Waals surface area contributed by atoms with Gasteiger partial charge in [0.1, 0.15) is 5.84 Å². The van der Waals surface area contributed by atoms with Crippen molar-refractivity contribution >= 4 is 17.7 Å². The predicted molar refractivity (Wildman–Crippen MR) is 96.1 cm³/mol. The second kappa shape index (κ2) is 7.61. The molecule has 1 aliphatic rings. The van der Waals surface area contributed by atoms with E-state index < -0.39 is 11.9 Å². The van der Waals surface area contributed by atoms with Crippen molar-refractivity contribution in [1.29, 1.82) is 0 Å². The second-order valence-corrected chi connectivity index (χ2v) is 5.69. The van der Waals surface area contributed by atoms with Gasteiger partial charge in [0.15, 0.2) is 0 Å². The maximum absolute atomic E-state index is 12.5. The smallest absolute Gasteiger partial charge is 0.337 e. The van der Waals surface area contributed by atoms with E-state index in [-0.39, 0.29) is 17.7 Å². The van der Waals surface area contributed by atoms with Crippen LogP contribution in [0.4, 0.5) is 0 Å². The van der Waals surface area contributed by atoms with E-state index in [1.54, 1.807) is 12.1 Å². The lowest BCUT2D eigenvalue weighted by molar-refractivity contribution is 0.0692. The van der Waals surface area contributed by atoms with Crippen molar-refractivity contribution < 1.29 is 14.7 Å². The maximum atomic E-state index is 12.5. The molecule has 3 rings (SSSR count). The molecule has 2 aromatic rings. The Bertz CT molecular complexity index is 816. The van der Waals surface area contributed by atoms with Crippen molar-refractivity contribution in [2.24, 2.45) is 4.99 Å². The molecule has 128 valence electrons. The molecule has 0 radical (unpaired) electrons. The highest BCUT2D eigenvalue weighted by atomic mass is 16.4. The lowest BCUT2D eigenvalue weighted by Gasteiger charge is -2.16. The first-order valence-corrected chi connectivity index (χ1v) is 8.14. The van der Waals surface area contributed by atoms with Gasteiger partial charge in [0.25, 0.3) is 5.91 Å². The fraction of sp³-hybridized carbons (Fsp3) is 0.211. The number of nitrogens with zero attached hydrogens (tertiary/aromatic N) is 1. The Labute approximate surface area is 145 Å². The molecule has 1 heterocycles. The summed E-state index contributed by atoms with van der Waals surface area (Å²) in [6.07, 6.45) is 0.972. The minimum Gasteiger partial charge on any atom is -0.478 e. The number of amides is 1. The summed E-state index contributed by atoms with van der Waals surface area (Å²) in [5.41, 5.74) is 1.43. The number of aliphatic imine (C=N–C) groups is 1. The molecule has 0 aromatic heterocycles. The zero-order valence-corrected chi connectivity index (χ0v) is 13.7. The van der Waals surface area contributed by atoms with Gasteiger partial charge < -0.3 is 15.7 Å². The van der Waals surface area contributed by atoms with Gasteiger partial charge in [-0.05, 0) is 23.6 Å². The van der Waals surface area contributed by atoms with E-state index in [2.05, 4.69) is 15.6 Å². The molecule has 3 N–H and O–H groups in total. The number of nitrogens with one attached hydrogen (secondary N) is 2. The highest BCUT2D eigenvalue weighted by Gasteiger charge is 2.21. The van der Waals surface area contributed by atoms with Crippen molar-refractivity contribution in [3.8, 4) is 11.1 Å². The van der Waals surface area contributed by atoms with Gasteiger partial charge >= 0.3 is 5.97 Å². The summed E-state index contributed by atoms with van der Waals surface area (Å²) < 4.78 is 0. The number of aromatic carboxylic acids is 1. The van der Waals surface area contributed by atoms with Crippen LogP contribution in [0.25, 0.3) is 11.1 Å². The number of hydrogen-bond acceptors (Lipinski definition) is 4. The van der Waals surface area contributed by atoms with Gasteiger partial charge in [-0.1, -0.05) is 42.5 Å². The monoisotopic (exact) mass is 337 g/mol. The Hall–Kier alpha value is -3.15. The molecule has 0 aliphatic carbocycles. The van der Waals surface area contributed by atoms with Crippen LogP contribution >= 0.6 is 0 Å². The first kappa shape index (κ1) is 16.7. The van der Waals surface area contributed by atoms with Gasteiger partial charge in [0.2, 0.25) is 0 Å². The number of carbonyl (C=O) groups is 2. The third-order valence-electron chi connectivity index (χ3n) is 3.99. The molecule has 0 saturated heterocycles. The molecule has 2 aromatic carbocycles. The number of carbonyl (C=O) groups excluding carboxylic acids is 1. The van der Waals surface area contributed by atoms with Crippen LogP contribution in [-0.4, -0.2) is 42.5 Å². The third kappa shape index (κ3) is 3.85. The molecule has 0 bridgehead atoms. The van der Waals surface area contributed by atoms with Gasteiger partial charge in [-0.25, -0.2) is 4.79 Å². The van der Waals surface area contributed by atoms with Crippen LogP contribution in [0, 0.1) is 0 Å². The summed E-state index contributed by atoms with van der Waals surface area (Å²) in [5, 5.41) is 15.5. The number of rotatable bonds is 5. The standard InChI is InChI=1S/C19H19N3O3/c23-18(22-12-16-20-10-5-11-21-16)15-9-4-8-14(17(15)19(24)25)13-6-2-1-3-7-13/h1-4,6-9H,5,10-12H2,(H,20,21)(H,22,23)(H,24,25). The lowest BCUT2D eigenvalue weighted by atomic mass is 9.95. The highest BCUT2D eigenvalue weighted by Crippen LogP contribution is 2.26. The summed E-state index contributed by atoms with van der Waals surface area (Å²) in [4.78, 5) is 28.6. The van der Waals surface area contributed by atoms with Crippen LogP contribution in [0.3, 0.4) is 0 Å². The SMILES string of the molecule is O=C(NCC1=NCCCN1)c1cccc(-c2ccccc2)c1C(=O)O. The quantitative estimate of drug-likeness (QED) is 0.780. The Morgan fingerprint density at radius 1 is 1.12 bits per heavy atom. The number of hydrogen-bond donors (Lipinski definition) is 3. The number of carboxylic acids is 1. The van der Waals surface area contributed by atoms with Crippen LogP contribution in [0.1, 0.15) is 27.1 Å². The van der Waals surface area contributed by atoms with E-state index in [1.807, 2.05) is 30.3 Å². The number of amidine groups is 1. The van der Waals surface area contributed by atoms with Gasteiger partial charge in [0, 0.05) is 13.1 Å². The Kier molecular flexibility index (Phi) is 5.09. The van der Waals surface area contributed by atoms with Crippen molar-refractivity contribution in [2.75, 3.05) is 19.6 Å². The third-order valence-corrected chi connectivity index (χ3v) is 3.99. The van der Waals surface area contributed by atoms with Crippen LogP contribution in [-0.2, 0) is 0 Å². The fourth-order valence-corrected chi connectivity index (χ4v) is 2.79. The molecule has 1 aliphatic heterocycles. The van der Waals surface area contributed by atoms with Gasteiger partial charge in [-0.3, -0.25) is 9.79 Å². The average Bonchev–Trinajstić information content (AvgIpc) is 2.67. The van der Waals surface area contributed by atoms with Crippen LogP contribution in [0.15, 0.2) is 53.5 Å². The zero-order chi connectivity index (χ0) is 17.6. The normalized spacial score (nSPS) is 13.5. The van der Waals surface area contributed by atoms with Crippen molar-refractivity contribution in [2.45, 2.75) is 6.42 Å². The molecule has 6 heteroatoms. The number of benzene rings is 2. The van der Waals surface area contributed by atoms with Crippen molar-refractivity contribution in [3.63, 3.8) is 0 Å². The van der Waals surface area contributed by atoms with E-state index in [9.17, 15) is 14.7 Å². The number of carboxylic acid groups (broad SMARTS) is 1. The van der Waals surface area contributed by atoms with Crippen LogP contribution in [0.2, 0.25) is 0 Å². The molecule has 0 fully saturated rings. The van der Waals surface area contributed by atoms with Crippen LogP contribution < -0.4 is 10.6 Å². The molecule has 25 heavy (non-hydrogen) atoms. The summed E-state index contributed by atoms with van der Waals surface area (Å²) in [6, 6.07) is 14.1. The Morgan fingerprint density at radius 3 is 2.60 bits per heavy atom. The topological polar surface area (TPSA) is 90.8 Å². The molecular weight excluding hydrogens is 318 g/mol. The second-order valence-electron chi connectivity index (χ2n) is 5.69. The first-order chi connectivity index (χ1) is 12.2. The minimum absolute atomic E-state index is 0.00439. The van der Waals surface area contributed by atoms with E-state index in [1.165, 1.54) is 6.07 Å². The van der Waals surface area contributed by atoms with E-state index >= 15 is 0 Å². The summed E-state index contributed by atoms with van der Waals surface area (Å²) in [7, 11) is 0. The molecule has 6 nitrogen and oxygen atoms in total. The molecular formula is C19H19N3O3. The molecule has 1 amide bonds. The highest BCUT2D eigenvalue weighted by molar-refractivity contribution is 6.09. The Morgan fingerprint density at radius 2 is 1.92 bits per heavy atom. The largest absolute Gasteiger partial charge is 0.478 e. The van der Waals surface area contributed by atoms with E-state index in [4.69, 9.17) is 0 Å². The van der Waals surface area contributed by atoms with Crippen molar-refractivity contribution in [1.82, 2.24) is 10.6 Å². The zero-order valence-electron chi connectivity index (χ0n) is 13.7. The summed E-state index contributed by atoms with van der Waals surface area (Å²) in [5.74, 6) is -0.835. The van der Waals surface area contributed by atoms with Gasteiger partial charge in [-0.2, -0.15) is 0 Å². The van der Waals surface area contributed by atoms with Crippen molar-refractivity contribution in [3.05, 3.63) is 59.7 Å². The molecule has 0 atom stereocenters. The summed E-state index contributed by atoms with van der Waals surface area (Å²) in [6.45, 7) is 1.83. The van der Waals surface area contributed by atoms with Gasteiger partial charge in [-0.15, -0.1) is 0 Å². The minimum atomic E-state index is -1.13. The lowest BCUT2D eigenvalue weighted by Crippen LogP contribution is -2.40. The van der Waals surface area contributed by atoms with E-state index in [0.717, 1.165) is 30.9 Å². The average molecular weight is 337 g/mol. The van der Waals surface area contributed by atoms with Crippen LogP contribution in [0.5, 0.6) is 0 Å². The Balaban J connectivity index is 1.89. The summed E-state index contributed by atoms with van der Waals surface area (Å²) >= 11 is 0. The molecule has 0 unspecified atom stereocenters. The van der Waals surface area contributed by atoms with Gasteiger partial charge in [0.05, 0.1) is 17.7 Å².